The van der Waals surface area contributed by atoms with E-state index in [-0.39, 0.29) is 6.61 Å². The third-order valence-electron chi connectivity index (χ3n) is 1.15. The van der Waals surface area contributed by atoms with Gasteiger partial charge in [0.15, 0.2) is 6.10 Å². The van der Waals surface area contributed by atoms with Crippen molar-refractivity contribution in [2.45, 2.75) is 19.1 Å². The van der Waals surface area contributed by atoms with Crippen molar-refractivity contribution >= 4 is 11.9 Å². The topological polar surface area (TPSA) is 110 Å². The summed E-state index contributed by atoms with van der Waals surface area (Å²) in [5, 5.41) is 17.2. The van der Waals surface area contributed by atoms with Crippen molar-refractivity contribution in [2.24, 2.45) is 5.73 Å². The molecular weight excluding hydrogens is 166 g/mol. The molecule has 0 saturated carbocycles. The molecule has 0 heterocycles. The average molecular weight is 177 g/mol. The molecule has 0 rings (SSSR count). The number of carbonyl (C=O) groups is 2. The summed E-state index contributed by atoms with van der Waals surface area (Å²) in [6.45, 7) is 1.61. The van der Waals surface area contributed by atoms with E-state index < -0.39 is 24.1 Å². The van der Waals surface area contributed by atoms with Crippen molar-refractivity contribution in [1.29, 1.82) is 0 Å². The molecule has 12 heavy (non-hydrogen) atoms. The average Bonchev–Trinajstić information content (AvgIpc) is 2.02. The van der Waals surface area contributed by atoms with Crippen molar-refractivity contribution in [3.8, 4) is 0 Å². The van der Waals surface area contributed by atoms with Crippen LogP contribution in [0.4, 0.5) is 0 Å². The van der Waals surface area contributed by atoms with Crippen molar-refractivity contribution in [3.05, 3.63) is 0 Å². The maximum absolute atomic E-state index is 10.7. The Balaban J connectivity index is 4.09. The Bertz CT molecular complexity index is 181. The number of carboxylic acid groups (broad SMARTS) is 1. The number of nitrogens with two attached hydrogens (primary N) is 1. The van der Waals surface area contributed by atoms with E-state index in [1.807, 2.05) is 0 Å². The van der Waals surface area contributed by atoms with Crippen molar-refractivity contribution in [3.63, 3.8) is 0 Å². The van der Waals surface area contributed by atoms with Crippen LogP contribution in [0.2, 0.25) is 0 Å². The summed E-state index contributed by atoms with van der Waals surface area (Å²) >= 11 is 0. The molecule has 0 aliphatic heterocycles. The first-order chi connectivity index (χ1) is 5.50. The second kappa shape index (κ2) is 4.68. The Morgan fingerprint density at radius 1 is 1.58 bits per heavy atom. The highest BCUT2D eigenvalue weighted by Gasteiger charge is 2.29. The van der Waals surface area contributed by atoms with E-state index >= 15 is 0 Å². The smallest absolute Gasteiger partial charge is 0.337 e. The monoisotopic (exact) mass is 177 g/mol. The maximum Gasteiger partial charge on any atom is 0.337 e. The Hall–Kier alpha value is -1.14. The predicted octanol–water partition coefficient (Wildman–Crippen LogP) is -1.68. The van der Waals surface area contributed by atoms with Gasteiger partial charge in [-0.2, -0.15) is 0 Å². The lowest BCUT2D eigenvalue weighted by Crippen LogP contribution is -2.46. The van der Waals surface area contributed by atoms with Gasteiger partial charge in [0, 0.05) is 0 Å². The minimum atomic E-state index is -1.80. The summed E-state index contributed by atoms with van der Waals surface area (Å²) in [5.41, 5.74) is 4.94. The molecule has 0 fully saturated rings. The molecule has 2 unspecified atom stereocenters. The van der Waals surface area contributed by atoms with Crippen LogP contribution in [-0.4, -0.2) is 40.9 Å². The van der Waals surface area contributed by atoms with Gasteiger partial charge < -0.3 is 20.7 Å². The van der Waals surface area contributed by atoms with Crippen LogP contribution < -0.4 is 5.73 Å². The fourth-order valence-electron chi connectivity index (χ4n) is 0.509. The standard InChI is InChI=1S/C6H11NO5/c1-2-12-6(11)4(8)3(7)5(9)10/h3-4,8H,2,7H2,1H3,(H,9,10). The summed E-state index contributed by atoms with van der Waals surface area (Å²) in [5.74, 6) is -2.47. The van der Waals surface area contributed by atoms with Crippen LogP contribution in [0.1, 0.15) is 6.92 Å². The number of carboxylic acids is 1. The summed E-state index contributed by atoms with van der Waals surface area (Å²) in [4.78, 5) is 20.8. The normalized spacial score (nSPS) is 14.9. The van der Waals surface area contributed by atoms with Crippen LogP contribution in [0.3, 0.4) is 0 Å². The first-order valence-corrected chi connectivity index (χ1v) is 3.33. The van der Waals surface area contributed by atoms with E-state index in [0.717, 1.165) is 0 Å². The molecule has 0 amide bonds. The number of esters is 1. The first kappa shape index (κ1) is 10.9. The summed E-state index contributed by atoms with van der Waals surface area (Å²) in [7, 11) is 0. The highest BCUT2D eigenvalue weighted by atomic mass is 16.5. The molecule has 0 aliphatic rings. The highest BCUT2D eigenvalue weighted by Crippen LogP contribution is 1.94. The van der Waals surface area contributed by atoms with E-state index in [1.165, 1.54) is 6.92 Å². The van der Waals surface area contributed by atoms with Gasteiger partial charge in [0.2, 0.25) is 0 Å². The van der Waals surface area contributed by atoms with E-state index in [2.05, 4.69) is 4.74 Å². The number of aliphatic hydroxyl groups is 1. The Kier molecular flexibility index (Phi) is 4.24. The molecule has 0 aromatic carbocycles. The number of aliphatic carboxylic acids is 1. The predicted molar refractivity (Wildman–Crippen MR) is 38.3 cm³/mol. The van der Waals surface area contributed by atoms with E-state index in [4.69, 9.17) is 15.9 Å². The molecule has 0 bridgehead atoms. The largest absolute Gasteiger partial charge is 0.480 e. The maximum atomic E-state index is 10.7. The van der Waals surface area contributed by atoms with Gasteiger partial charge in [0.1, 0.15) is 6.04 Å². The summed E-state index contributed by atoms with van der Waals surface area (Å²) in [6.07, 6.45) is -1.80. The zero-order chi connectivity index (χ0) is 9.72. The minimum absolute atomic E-state index is 0.0717. The van der Waals surface area contributed by atoms with E-state index in [1.54, 1.807) is 0 Å². The van der Waals surface area contributed by atoms with Crippen LogP contribution in [0.5, 0.6) is 0 Å². The molecule has 6 heteroatoms. The molecule has 4 N–H and O–H groups in total. The van der Waals surface area contributed by atoms with Crippen LogP contribution in [0.25, 0.3) is 0 Å². The quantitative estimate of drug-likeness (QED) is 0.442. The van der Waals surface area contributed by atoms with Gasteiger partial charge in [0.25, 0.3) is 0 Å². The van der Waals surface area contributed by atoms with Gasteiger partial charge in [-0.3, -0.25) is 4.79 Å². The van der Waals surface area contributed by atoms with Gasteiger partial charge in [-0.1, -0.05) is 0 Å². The van der Waals surface area contributed by atoms with Gasteiger partial charge in [0.05, 0.1) is 6.61 Å². The van der Waals surface area contributed by atoms with E-state index in [9.17, 15) is 9.59 Å². The molecule has 0 aromatic heterocycles. The van der Waals surface area contributed by atoms with Gasteiger partial charge in [-0.05, 0) is 6.92 Å². The molecule has 0 saturated heterocycles. The Labute approximate surface area is 68.9 Å². The number of hydrogen-bond acceptors (Lipinski definition) is 5. The molecule has 6 nitrogen and oxygen atoms in total. The van der Waals surface area contributed by atoms with Crippen molar-refractivity contribution in [2.75, 3.05) is 6.61 Å². The van der Waals surface area contributed by atoms with Gasteiger partial charge in [-0.25, -0.2) is 4.79 Å². The molecule has 0 spiro atoms. The SMILES string of the molecule is CCOC(=O)C(O)C(N)C(=O)O. The van der Waals surface area contributed by atoms with Crippen LogP contribution in [0.15, 0.2) is 0 Å². The fourth-order valence-corrected chi connectivity index (χ4v) is 0.509. The molecule has 0 aromatic rings. The number of aliphatic hydroxyl groups excluding tert-OH is 1. The van der Waals surface area contributed by atoms with Crippen LogP contribution >= 0.6 is 0 Å². The Morgan fingerprint density at radius 2 is 2.08 bits per heavy atom. The minimum Gasteiger partial charge on any atom is -0.480 e. The molecule has 2 atom stereocenters. The lowest BCUT2D eigenvalue weighted by atomic mass is 10.2. The van der Waals surface area contributed by atoms with Gasteiger partial charge >= 0.3 is 11.9 Å². The fraction of sp³-hybridized carbons (Fsp3) is 0.667. The van der Waals surface area contributed by atoms with Gasteiger partial charge in [-0.15, -0.1) is 0 Å². The molecule has 0 radical (unpaired) electrons. The van der Waals surface area contributed by atoms with Crippen LogP contribution in [-0.2, 0) is 14.3 Å². The number of rotatable bonds is 4. The second-order valence-corrected chi connectivity index (χ2v) is 2.06. The van der Waals surface area contributed by atoms with Crippen LogP contribution in [0, 0.1) is 0 Å². The number of carbonyl (C=O) groups excluding carboxylic acids is 1. The van der Waals surface area contributed by atoms with E-state index in [0.29, 0.717) is 0 Å². The number of hydrogen-bond donors (Lipinski definition) is 3. The molecule has 0 aliphatic carbocycles. The Morgan fingerprint density at radius 3 is 2.42 bits per heavy atom. The summed E-state index contributed by atoms with van der Waals surface area (Å²) < 4.78 is 4.34. The number of ether oxygens (including phenoxy) is 1. The lowest BCUT2D eigenvalue weighted by molar-refractivity contribution is -0.159. The summed E-state index contributed by atoms with van der Waals surface area (Å²) in [6, 6.07) is -1.64. The van der Waals surface area contributed by atoms with Crippen molar-refractivity contribution < 1.29 is 24.5 Å². The zero-order valence-electron chi connectivity index (χ0n) is 6.56. The molecular formula is C6H11NO5. The first-order valence-electron chi connectivity index (χ1n) is 3.33. The molecule has 70 valence electrons. The highest BCUT2D eigenvalue weighted by molar-refractivity contribution is 5.84. The third-order valence-corrected chi connectivity index (χ3v) is 1.15. The third kappa shape index (κ3) is 2.85. The zero-order valence-corrected chi connectivity index (χ0v) is 6.56. The van der Waals surface area contributed by atoms with Crippen molar-refractivity contribution in [1.82, 2.24) is 0 Å². The second-order valence-electron chi connectivity index (χ2n) is 2.06. The lowest BCUT2D eigenvalue weighted by Gasteiger charge is -2.12.